The van der Waals surface area contributed by atoms with Crippen LogP contribution >= 0.6 is 0 Å². The fourth-order valence-corrected chi connectivity index (χ4v) is 1.40. The Hall–Kier alpha value is -1.61. The summed E-state index contributed by atoms with van der Waals surface area (Å²) in [4.78, 5) is 0. The maximum atomic E-state index is 13.5. The Labute approximate surface area is 105 Å². The molecular formula is C10H5F9O. The smallest absolute Gasteiger partial charge is 0.432 e. The van der Waals surface area contributed by atoms with Gasteiger partial charge in [0.1, 0.15) is 5.75 Å². The third kappa shape index (κ3) is 2.78. The van der Waals surface area contributed by atoms with Gasteiger partial charge in [-0.2, -0.15) is 26.3 Å². The average Bonchev–Trinajstić information content (AvgIpc) is 2.23. The normalized spacial score (nSPS) is 16.3. The van der Waals surface area contributed by atoms with Crippen molar-refractivity contribution in [1.29, 1.82) is 0 Å². The van der Waals surface area contributed by atoms with E-state index in [1.54, 1.807) is 0 Å². The second kappa shape index (κ2) is 4.74. The summed E-state index contributed by atoms with van der Waals surface area (Å²) in [6.07, 6.45) is -16.1. The zero-order chi connectivity index (χ0) is 15.9. The van der Waals surface area contributed by atoms with Crippen LogP contribution in [0.4, 0.5) is 39.5 Å². The summed E-state index contributed by atoms with van der Waals surface area (Å²) in [7, 11) is 0. The van der Waals surface area contributed by atoms with Gasteiger partial charge in [0.05, 0.1) is 5.56 Å². The van der Waals surface area contributed by atoms with Crippen molar-refractivity contribution in [2.45, 2.75) is 24.4 Å². The molecule has 1 N–H and O–H groups in total. The van der Waals surface area contributed by atoms with Crippen LogP contribution < -0.4 is 0 Å². The molecule has 0 aliphatic carbocycles. The van der Waals surface area contributed by atoms with Crippen LogP contribution in [-0.2, 0) is 11.8 Å². The molecule has 1 unspecified atom stereocenters. The highest BCUT2D eigenvalue weighted by Gasteiger charge is 2.64. The maximum Gasteiger partial charge on any atom is 0.432 e. The van der Waals surface area contributed by atoms with Crippen molar-refractivity contribution >= 4 is 0 Å². The molecule has 1 aromatic carbocycles. The topological polar surface area (TPSA) is 20.2 Å². The van der Waals surface area contributed by atoms with Crippen LogP contribution in [0.25, 0.3) is 0 Å². The summed E-state index contributed by atoms with van der Waals surface area (Å²) in [6.45, 7) is 0. The van der Waals surface area contributed by atoms with E-state index in [4.69, 9.17) is 5.11 Å². The number of hydrogen-bond donors (Lipinski definition) is 1. The molecule has 0 saturated heterocycles. The van der Waals surface area contributed by atoms with E-state index in [0.717, 1.165) is 0 Å². The van der Waals surface area contributed by atoms with Gasteiger partial charge in [0.25, 0.3) is 12.1 Å². The first-order chi connectivity index (χ1) is 8.80. The quantitative estimate of drug-likeness (QED) is 0.802. The third-order valence-corrected chi connectivity index (χ3v) is 2.38. The number of benzene rings is 1. The SMILES string of the molecule is Oc1cc(C(F)(F)F)cc(C(F)(C(F)F)C(F)(F)F)c1. The highest BCUT2D eigenvalue weighted by molar-refractivity contribution is 5.39. The van der Waals surface area contributed by atoms with Gasteiger partial charge in [-0.05, 0) is 18.2 Å². The minimum absolute atomic E-state index is 0.00817. The van der Waals surface area contributed by atoms with Gasteiger partial charge < -0.3 is 5.11 Å². The lowest BCUT2D eigenvalue weighted by Crippen LogP contribution is -2.44. The van der Waals surface area contributed by atoms with Gasteiger partial charge in [0.2, 0.25) is 0 Å². The van der Waals surface area contributed by atoms with Gasteiger partial charge in [-0.15, -0.1) is 0 Å². The summed E-state index contributed by atoms with van der Waals surface area (Å²) in [6, 6.07) is -0.556. The van der Waals surface area contributed by atoms with Gasteiger partial charge in [0, 0.05) is 5.56 Å². The Morgan fingerprint density at radius 2 is 1.25 bits per heavy atom. The predicted octanol–water partition coefficient (Wildman–Crippen LogP) is 4.40. The summed E-state index contributed by atoms with van der Waals surface area (Å²) in [5.41, 5.74) is -9.21. The number of alkyl halides is 9. The molecular weight excluding hydrogens is 307 g/mol. The Morgan fingerprint density at radius 1 is 0.800 bits per heavy atom. The number of aromatic hydroxyl groups is 1. The van der Waals surface area contributed by atoms with E-state index in [9.17, 15) is 39.5 Å². The molecule has 0 amide bonds. The molecule has 0 aliphatic heterocycles. The number of phenolic OH excluding ortho intramolecular Hbond substituents is 1. The van der Waals surface area contributed by atoms with Gasteiger partial charge in [-0.25, -0.2) is 13.2 Å². The van der Waals surface area contributed by atoms with Crippen molar-refractivity contribution in [3.8, 4) is 5.75 Å². The van der Waals surface area contributed by atoms with E-state index in [1.165, 1.54) is 0 Å². The molecule has 0 heterocycles. The van der Waals surface area contributed by atoms with Crippen molar-refractivity contribution in [3.63, 3.8) is 0 Å². The van der Waals surface area contributed by atoms with Crippen molar-refractivity contribution in [2.24, 2.45) is 0 Å². The third-order valence-electron chi connectivity index (χ3n) is 2.38. The fraction of sp³-hybridized carbons (Fsp3) is 0.400. The molecule has 0 aliphatic rings. The molecule has 0 saturated carbocycles. The minimum Gasteiger partial charge on any atom is -0.508 e. The highest BCUT2D eigenvalue weighted by Crippen LogP contribution is 2.48. The lowest BCUT2D eigenvalue weighted by molar-refractivity contribution is -0.274. The molecule has 0 spiro atoms. The van der Waals surface area contributed by atoms with Crippen molar-refractivity contribution in [2.75, 3.05) is 0 Å². The van der Waals surface area contributed by atoms with E-state index >= 15 is 0 Å². The Balaban J connectivity index is 3.55. The van der Waals surface area contributed by atoms with E-state index in [-0.39, 0.29) is 12.1 Å². The van der Waals surface area contributed by atoms with E-state index in [2.05, 4.69) is 0 Å². The average molecular weight is 312 g/mol. The summed E-state index contributed by atoms with van der Waals surface area (Å²) in [5, 5.41) is 8.89. The molecule has 1 aromatic rings. The number of halogens is 9. The van der Waals surface area contributed by atoms with Crippen molar-refractivity contribution < 1.29 is 44.6 Å². The number of hydrogen-bond acceptors (Lipinski definition) is 1. The summed E-state index contributed by atoms with van der Waals surface area (Å²) >= 11 is 0. The second-order valence-electron chi connectivity index (χ2n) is 3.78. The molecule has 1 rings (SSSR count). The molecule has 114 valence electrons. The Morgan fingerprint density at radius 3 is 1.60 bits per heavy atom. The monoisotopic (exact) mass is 312 g/mol. The van der Waals surface area contributed by atoms with Crippen molar-refractivity contribution in [1.82, 2.24) is 0 Å². The lowest BCUT2D eigenvalue weighted by atomic mass is 9.93. The van der Waals surface area contributed by atoms with Crippen LogP contribution in [0.5, 0.6) is 5.75 Å². The van der Waals surface area contributed by atoms with Crippen molar-refractivity contribution in [3.05, 3.63) is 29.3 Å². The van der Waals surface area contributed by atoms with Crippen LogP contribution in [0.1, 0.15) is 11.1 Å². The van der Waals surface area contributed by atoms with Crippen LogP contribution in [-0.4, -0.2) is 17.7 Å². The van der Waals surface area contributed by atoms with E-state index < -0.39 is 47.4 Å². The lowest BCUT2D eigenvalue weighted by Gasteiger charge is -2.28. The van der Waals surface area contributed by atoms with Crippen LogP contribution in [0, 0.1) is 0 Å². The molecule has 0 fully saturated rings. The van der Waals surface area contributed by atoms with Crippen LogP contribution in [0.3, 0.4) is 0 Å². The van der Waals surface area contributed by atoms with Gasteiger partial charge in [-0.1, -0.05) is 0 Å². The number of rotatable bonds is 2. The first-order valence-electron chi connectivity index (χ1n) is 4.75. The predicted molar refractivity (Wildman–Crippen MR) is 48.0 cm³/mol. The molecule has 1 nitrogen and oxygen atoms in total. The van der Waals surface area contributed by atoms with Gasteiger partial charge in [-0.3, -0.25) is 0 Å². The summed E-state index contributed by atoms with van der Waals surface area (Å²) < 4.78 is 112. The largest absolute Gasteiger partial charge is 0.508 e. The van der Waals surface area contributed by atoms with Crippen LogP contribution in [0.15, 0.2) is 18.2 Å². The maximum absolute atomic E-state index is 13.5. The molecule has 1 atom stereocenters. The minimum atomic E-state index is -6.15. The molecule has 0 aromatic heterocycles. The van der Waals surface area contributed by atoms with E-state index in [1.807, 2.05) is 0 Å². The van der Waals surface area contributed by atoms with Crippen LogP contribution in [0.2, 0.25) is 0 Å². The van der Waals surface area contributed by atoms with Gasteiger partial charge >= 0.3 is 12.4 Å². The van der Waals surface area contributed by atoms with E-state index in [0.29, 0.717) is 0 Å². The first-order valence-corrected chi connectivity index (χ1v) is 4.75. The Kier molecular flexibility index (Phi) is 3.90. The first kappa shape index (κ1) is 16.4. The Bertz CT molecular complexity index is 490. The molecule has 10 heteroatoms. The number of phenols is 1. The van der Waals surface area contributed by atoms with Gasteiger partial charge in [0.15, 0.2) is 0 Å². The molecule has 20 heavy (non-hydrogen) atoms. The standard InChI is InChI=1S/C10H5F9O/c11-7(12)8(13,10(17,18)19)4-1-5(9(14,15)16)3-6(20)2-4/h1-3,7,20H. The second-order valence-corrected chi connectivity index (χ2v) is 3.78. The fourth-order valence-electron chi connectivity index (χ4n) is 1.40. The summed E-state index contributed by atoms with van der Waals surface area (Å²) in [5.74, 6) is -1.42. The molecule has 0 bridgehead atoms. The zero-order valence-electron chi connectivity index (χ0n) is 9.16. The highest BCUT2D eigenvalue weighted by atomic mass is 19.4. The zero-order valence-corrected chi connectivity index (χ0v) is 9.16. The molecule has 0 radical (unpaired) electrons.